The van der Waals surface area contributed by atoms with Crippen LogP contribution in [0.2, 0.25) is 5.02 Å². The van der Waals surface area contributed by atoms with Crippen LogP contribution in [0.5, 0.6) is 11.5 Å². The maximum absolute atomic E-state index is 12.3. The highest BCUT2D eigenvalue weighted by Crippen LogP contribution is 2.29. The molecule has 0 saturated carbocycles. The number of amides is 1. The lowest BCUT2D eigenvalue weighted by Gasteiger charge is -2.11. The highest BCUT2D eigenvalue weighted by molar-refractivity contribution is 7.99. The summed E-state index contributed by atoms with van der Waals surface area (Å²) in [6.45, 7) is 0. The molecule has 0 radical (unpaired) electrons. The predicted octanol–water partition coefficient (Wildman–Crippen LogP) is 4.54. The maximum atomic E-state index is 12.3. The molecule has 0 aliphatic carbocycles. The lowest BCUT2D eigenvalue weighted by Crippen LogP contribution is -2.20. The molecule has 4 aromatic rings. The molecule has 0 bridgehead atoms. The molecule has 0 spiro atoms. The Kier molecular flexibility index (Phi) is 7.46. The number of thioether (sulfide) groups is 1. The predicted molar refractivity (Wildman–Crippen MR) is 133 cm³/mol. The first-order chi connectivity index (χ1) is 16.5. The number of aromatic nitrogens is 3. The minimum absolute atomic E-state index is 0.0620. The van der Waals surface area contributed by atoms with Crippen LogP contribution in [0.4, 0.5) is 0 Å². The number of phenols is 1. The van der Waals surface area contributed by atoms with Crippen LogP contribution < -0.4 is 10.2 Å². The van der Waals surface area contributed by atoms with E-state index in [0.29, 0.717) is 21.6 Å². The van der Waals surface area contributed by atoms with Crippen LogP contribution in [0.25, 0.3) is 17.1 Å². The van der Waals surface area contributed by atoms with E-state index >= 15 is 0 Å². The molecule has 0 fully saturated rings. The van der Waals surface area contributed by atoms with Crippen molar-refractivity contribution >= 4 is 35.5 Å². The Balaban J connectivity index is 1.53. The fourth-order valence-electron chi connectivity index (χ4n) is 3.05. The molecule has 172 valence electrons. The van der Waals surface area contributed by atoms with E-state index in [0.717, 1.165) is 17.0 Å². The van der Waals surface area contributed by atoms with Gasteiger partial charge in [-0.2, -0.15) is 5.10 Å². The number of rotatable bonds is 8. The topological polar surface area (TPSA) is 102 Å². The first-order valence-corrected chi connectivity index (χ1v) is 11.5. The number of phenolic OH excluding ortho intramolecular Hbond substituents is 1. The van der Waals surface area contributed by atoms with Gasteiger partial charge in [-0.25, -0.2) is 5.43 Å². The second-order valence-electron chi connectivity index (χ2n) is 6.99. The van der Waals surface area contributed by atoms with Gasteiger partial charge in [0.2, 0.25) is 0 Å². The van der Waals surface area contributed by atoms with E-state index in [1.54, 1.807) is 43.5 Å². The zero-order valence-corrected chi connectivity index (χ0v) is 19.6. The molecular formula is C24H20ClN5O3S. The number of ether oxygens (including phenoxy) is 1. The fraction of sp³-hybridized carbons (Fsp3) is 0.0833. The normalized spacial score (nSPS) is 11.0. The summed E-state index contributed by atoms with van der Waals surface area (Å²) in [7, 11) is 1.61. The first-order valence-electron chi connectivity index (χ1n) is 10.1. The molecule has 0 aliphatic heterocycles. The zero-order valence-electron chi connectivity index (χ0n) is 18.1. The molecule has 34 heavy (non-hydrogen) atoms. The zero-order chi connectivity index (χ0) is 23.9. The van der Waals surface area contributed by atoms with Gasteiger partial charge >= 0.3 is 0 Å². The number of benzene rings is 3. The maximum Gasteiger partial charge on any atom is 0.250 e. The number of para-hydroxylation sites is 1. The van der Waals surface area contributed by atoms with Crippen molar-refractivity contribution in [1.29, 1.82) is 0 Å². The van der Waals surface area contributed by atoms with E-state index in [1.807, 2.05) is 41.0 Å². The first kappa shape index (κ1) is 23.3. The van der Waals surface area contributed by atoms with Crippen molar-refractivity contribution in [1.82, 2.24) is 20.2 Å². The summed E-state index contributed by atoms with van der Waals surface area (Å²) in [5.74, 6) is 1.17. The van der Waals surface area contributed by atoms with E-state index < -0.39 is 0 Å². The number of hydrazone groups is 1. The van der Waals surface area contributed by atoms with Gasteiger partial charge in [0.15, 0.2) is 11.0 Å². The molecule has 2 N–H and O–H groups in total. The van der Waals surface area contributed by atoms with E-state index in [4.69, 9.17) is 16.3 Å². The molecule has 0 unspecified atom stereocenters. The van der Waals surface area contributed by atoms with Gasteiger partial charge in [-0.3, -0.25) is 9.36 Å². The van der Waals surface area contributed by atoms with Crippen molar-refractivity contribution in [3.05, 3.63) is 83.4 Å². The largest absolute Gasteiger partial charge is 0.507 e. The molecule has 3 aromatic carbocycles. The molecule has 1 heterocycles. The second-order valence-corrected chi connectivity index (χ2v) is 8.37. The Morgan fingerprint density at radius 3 is 2.56 bits per heavy atom. The smallest absolute Gasteiger partial charge is 0.250 e. The molecule has 4 rings (SSSR count). The number of aromatic hydroxyl groups is 1. The summed E-state index contributed by atoms with van der Waals surface area (Å²) in [6.07, 6.45) is 1.38. The lowest BCUT2D eigenvalue weighted by atomic mass is 10.2. The van der Waals surface area contributed by atoms with Crippen molar-refractivity contribution in [3.8, 4) is 28.6 Å². The van der Waals surface area contributed by atoms with Crippen molar-refractivity contribution in [3.63, 3.8) is 0 Å². The van der Waals surface area contributed by atoms with E-state index in [2.05, 4.69) is 20.7 Å². The van der Waals surface area contributed by atoms with E-state index in [9.17, 15) is 9.90 Å². The van der Waals surface area contributed by atoms with Crippen LogP contribution in [0, 0.1) is 0 Å². The van der Waals surface area contributed by atoms with Crippen LogP contribution >= 0.6 is 23.4 Å². The third kappa shape index (κ3) is 5.56. The van der Waals surface area contributed by atoms with Crippen LogP contribution in [-0.2, 0) is 4.79 Å². The molecule has 10 heteroatoms. The minimum Gasteiger partial charge on any atom is -0.507 e. The summed E-state index contributed by atoms with van der Waals surface area (Å²) < 4.78 is 7.10. The number of hydrogen-bond acceptors (Lipinski definition) is 7. The van der Waals surface area contributed by atoms with Crippen molar-refractivity contribution < 1.29 is 14.6 Å². The van der Waals surface area contributed by atoms with Crippen LogP contribution in [0.3, 0.4) is 0 Å². The number of methoxy groups -OCH3 is 1. The third-order valence-corrected chi connectivity index (χ3v) is 5.91. The summed E-state index contributed by atoms with van der Waals surface area (Å²) in [5.41, 5.74) is 4.60. The summed E-state index contributed by atoms with van der Waals surface area (Å²) in [6, 6.07) is 21.5. The molecule has 8 nitrogen and oxygen atoms in total. The Morgan fingerprint density at radius 1 is 1.12 bits per heavy atom. The highest BCUT2D eigenvalue weighted by Gasteiger charge is 2.17. The summed E-state index contributed by atoms with van der Waals surface area (Å²) >= 11 is 7.29. The molecule has 1 amide bonds. The Bertz CT molecular complexity index is 1310. The van der Waals surface area contributed by atoms with E-state index in [1.165, 1.54) is 18.0 Å². The number of nitrogens with one attached hydrogen (secondary N) is 1. The summed E-state index contributed by atoms with van der Waals surface area (Å²) in [5, 5.41) is 23.5. The average Bonchev–Trinajstić information content (AvgIpc) is 3.28. The van der Waals surface area contributed by atoms with Gasteiger partial charge < -0.3 is 9.84 Å². The van der Waals surface area contributed by atoms with Gasteiger partial charge in [-0.05, 0) is 60.7 Å². The number of hydrogen-bond donors (Lipinski definition) is 2. The van der Waals surface area contributed by atoms with Crippen molar-refractivity contribution in [2.45, 2.75) is 5.16 Å². The third-order valence-electron chi connectivity index (χ3n) is 4.73. The summed E-state index contributed by atoms with van der Waals surface area (Å²) in [4.78, 5) is 12.3. The van der Waals surface area contributed by atoms with Crippen molar-refractivity contribution in [2.24, 2.45) is 5.10 Å². The Hall–Kier alpha value is -3.82. The fourth-order valence-corrected chi connectivity index (χ4v) is 3.92. The quantitative estimate of drug-likeness (QED) is 0.212. The number of halogens is 1. The van der Waals surface area contributed by atoms with Gasteiger partial charge in [-0.1, -0.05) is 35.5 Å². The van der Waals surface area contributed by atoms with Gasteiger partial charge in [0.05, 0.1) is 19.1 Å². The monoisotopic (exact) mass is 493 g/mol. The SMILES string of the molecule is COc1ccc(-c2nnc(SCC(=O)N/N=C\c3ccccc3O)n2-c2ccc(Cl)cc2)cc1. The van der Waals surface area contributed by atoms with Crippen LogP contribution in [-0.4, -0.2) is 44.9 Å². The highest BCUT2D eigenvalue weighted by atomic mass is 35.5. The van der Waals surface area contributed by atoms with Gasteiger partial charge in [0.25, 0.3) is 5.91 Å². The van der Waals surface area contributed by atoms with Crippen LogP contribution in [0.15, 0.2) is 83.1 Å². The average molecular weight is 494 g/mol. The van der Waals surface area contributed by atoms with Gasteiger partial charge in [-0.15, -0.1) is 10.2 Å². The Labute approximate surface area is 205 Å². The molecule has 1 aromatic heterocycles. The standard InChI is InChI=1S/C24H20ClN5O3S/c1-33-20-12-6-16(7-13-20)23-28-29-24(30(23)19-10-8-18(25)9-11-19)34-15-22(32)27-26-14-17-4-2-3-5-21(17)31/h2-14,31H,15H2,1H3,(H,27,32)/b26-14-. The molecule has 0 saturated heterocycles. The van der Waals surface area contributed by atoms with E-state index in [-0.39, 0.29) is 17.4 Å². The van der Waals surface area contributed by atoms with Gasteiger partial charge in [0, 0.05) is 21.8 Å². The number of carbonyl (C=O) groups excluding carboxylic acids is 1. The second kappa shape index (κ2) is 10.9. The number of nitrogens with zero attached hydrogens (tertiary/aromatic N) is 4. The number of carbonyl (C=O) groups is 1. The Morgan fingerprint density at radius 2 is 1.85 bits per heavy atom. The molecule has 0 aliphatic rings. The minimum atomic E-state index is -0.326. The lowest BCUT2D eigenvalue weighted by molar-refractivity contribution is -0.118. The van der Waals surface area contributed by atoms with Crippen molar-refractivity contribution in [2.75, 3.05) is 12.9 Å². The van der Waals surface area contributed by atoms with Crippen LogP contribution in [0.1, 0.15) is 5.56 Å². The molecule has 0 atom stereocenters. The van der Waals surface area contributed by atoms with Gasteiger partial charge in [0.1, 0.15) is 11.5 Å². The molecular weight excluding hydrogens is 474 g/mol.